The molecule has 1 fully saturated rings. The molecule has 2 aromatic rings. The largest absolute Gasteiger partial charge is 0.336 e. The van der Waals surface area contributed by atoms with Crippen molar-refractivity contribution in [2.24, 2.45) is 5.92 Å². The van der Waals surface area contributed by atoms with Crippen LogP contribution in [0.25, 0.3) is 0 Å². The van der Waals surface area contributed by atoms with Crippen LogP contribution >= 0.6 is 11.3 Å². The van der Waals surface area contributed by atoms with Gasteiger partial charge in [0.05, 0.1) is 18.2 Å². The van der Waals surface area contributed by atoms with E-state index >= 15 is 0 Å². The molecule has 0 saturated carbocycles. The Bertz CT molecular complexity index is 686. The van der Waals surface area contributed by atoms with E-state index in [1.54, 1.807) is 17.3 Å². The predicted molar refractivity (Wildman–Crippen MR) is 83.2 cm³/mol. The fourth-order valence-electron chi connectivity index (χ4n) is 2.41. The molecule has 0 radical (unpaired) electrons. The summed E-state index contributed by atoms with van der Waals surface area (Å²) < 4.78 is 0. The number of carbonyl (C=O) groups excluding carboxylic acids is 2. The highest BCUT2D eigenvalue weighted by Crippen LogP contribution is 2.23. The van der Waals surface area contributed by atoms with Crippen LogP contribution in [0.1, 0.15) is 17.0 Å². The van der Waals surface area contributed by atoms with Gasteiger partial charge < -0.3 is 10.2 Å². The van der Waals surface area contributed by atoms with Gasteiger partial charge >= 0.3 is 0 Å². The van der Waals surface area contributed by atoms with E-state index in [1.165, 1.54) is 11.3 Å². The Morgan fingerprint density at radius 2 is 2.32 bits per heavy atom. The smallest absolute Gasteiger partial charge is 0.231 e. The van der Waals surface area contributed by atoms with Gasteiger partial charge in [0.2, 0.25) is 11.8 Å². The van der Waals surface area contributed by atoms with Crippen molar-refractivity contribution in [1.29, 1.82) is 0 Å². The number of amides is 2. The first-order valence-corrected chi connectivity index (χ1v) is 7.84. The molecule has 1 N–H and O–H groups in total. The highest BCUT2D eigenvalue weighted by Gasteiger charge is 2.34. The van der Waals surface area contributed by atoms with E-state index in [9.17, 15) is 9.59 Å². The van der Waals surface area contributed by atoms with Crippen LogP contribution in [0.4, 0.5) is 5.13 Å². The minimum Gasteiger partial charge on any atom is -0.336 e. The molecule has 3 rings (SSSR count). The van der Waals surface area contributed by atoms with E-state index in [0.717, 1.165) is 10.6 Å². The normalized spacial score (nSPS) is 17.8. The molecular weight excluding hydrogens is 300 g/mol. The number of rotatable bonds is 4. The lowest BCUT2D eigenvalue weighted by molar-refractivity contribution is -0.128. The van der Waals surface area contributed by atoms with Crippen molar-refractivity contribution in [2.75, 3.05) is 11.9 Å². The summed E-state index contributed by atoms with van der Waals surface area (Å²) in [6.45, 7) is 2.80. The Balaban J connectivity index is 1.60. The Morgan fingerprint density at radius 3 is 3.00 bits per heavy atom. The molecule has 7 heteroatoms. The van der Waals surface area contributed by atoms with Crippen molar-refractivity contribution in [3.63, 3.8) is 0 Å². The molecule has 2 aromatic heterocycles. The molecule has 1 aliphatic rings. The maximum atomic E-state index is 12.2. The molecule has 1 unspecified atom stereocenters. The molecule has 0 bridgehead atoms. The first kappa shape index (κ1) is 14.6. The summed E-state index contributed by atoms with van der Waals surface area (Å²) >= 11 is 1.43. The summed E-state index contributed by atoms with van der Waals surface area (Å²) in [5, 5.41) is 3.37. The van der Waals surface area contributed by atoms with Gasteiger partial charge in [-0.25, -0.2) is 4.98 Å². The third-order valence-electron chi connectivity index (χ3n) is 3.52. The van der Waals surface area contributed by atoms with Gasteiger partial charge in [-0.05, 0) is 19.1 Å². The molecule has 0 aromatic carbocycles. The number of pyridine rings is 1. The van der Waals surface area contributed by atoms with Crippen LogP contribution in [0.2, 0.25) is 0 Å². The predicted octanol–water partition coefficient (Wildman–Crippen LogP) is 1.83. The molecule has 1 atom stereocenters. The number of nitrogens with one attached hydrogen (secondary N) is 1. The lowest BCUT2D eigenvalue weighted by Gasteiger charge is -2.15. The van der Waals surface area contributed by atoms with Crippen molar-refractivity contribution in [3.05, 3.63) is 41.2 Å². The second kappa shape index (κ2) is 6.23. The van der Waals surface area contributed by atoms with Gasteiger partial charge in [-0.1, -0.05) is 6.07 Å². The highest BCUT2D eigenvalue weighted by atomic mass is 32.1. The summed E-state index contributed by atoms with van der Waals surface area (Å²) in [6, 6.07) is 5.60. The van der Waals surface area contributed by atoms with E-state index in [0.29, 0.717) is 18.2 Å². The van der Waals surface area contributed by atoms with E-state index in [1.807, 2.05) is 25.1 Å². The fourth-order valence-corrected chi connectivity index (χ4v) is 3.08. The van der Waals surface area contributed by atoms with Crippen LogP contribution in [0, 0.1) is 12.8 Å². The first-order valence-electron chi connectivity index (χ1n) is 7.03. The van der Waals surface area contributed by atoms with Crippen molar-refractivity contribution in [3.8, 4) is 0 Å². The number of aryl methyl sites for hydroxylation is 1. The second-order valence-corrected chi connectivity index (χ2v) is 6.50. The summed E-state index contributed by atoms with van der Waals surface area (Å²) in [6.07, 6.45) is 3.65. The van der Waals surface area contributed by atoms with Gasteiger partial charge in [-0.15, -0.1) is 11.3 Å². The third kappa shape index (κ3) is 3.30. The van der Waals surface area contributed by atoms with Crippen LogP contribution in [0.5, 0.6) is 0 Å². The number of anilines is 1. The molecule has 0 spiro atoms. The summed E-state index contributed by atoms with van der Waals surface area (Å²) in [7, 11) is 0. The number of hydrogen-bond acceptors (Lipinski definition) is 5. The number of aromatic nitrogens is 2. The van der Waals surface area contributed by atoms with Gasteiger partial charge in [-0.2, -0.15) is 0 Å². The number of nitrogens with zero attached hydrogens (tertiary/aromatic N) is 3. The van der Waals surface area contributed by atoms with E-state index in [2.05, 4.69) is 15.3 Å². The second-order valence-electron chi connectivity index (χ2n) is 5.26. The average molecular weight is 316 g/mol. The van der Waals surface area contributed by atoms with Gasteiger partial charge in [-0.3, -0.25) is 14.6 Å². The maximum Gasteiger partial charge on any atom is 0.231 e. The molecule has 1 saturated heterocycles. The lowest BCUT2D eigenvalue weighted by atomic mass is 10.1. The zero-order chi connectivity index (χ0) is 15.5. The van der Waals surface area contributed by atoms with Gasteiger partial charge in [0.1, 0.15) is 0 Å². The molecule has 0 aliphatic carbocycles. The number of thiazole rings is 1. The van der Waals surface area contributed by atoms with Crippen LogP contribution in [-0.4, -0.2) is 33.2 Å². The quantitative estimate of drug-likeness (QED) is 0.934. The molecular formula is C15H16N4O2S. The maximum absolute atomic E-state index is 12.2. The number of carbonyl (C=O) groups is 2. The monoisotopic (exact) mass is 316 g/mol. The Labute approximate surface area is 132 Å². The van der Waals surface area contributed by atoms with Crippen LogP contribution in [0.15, 0.2) is 30.6 Å². The summed E-state index contributed by atoms with van der Waals surface area (Å²) in [5.74, 6) is -0.493. The van der Waals surface area contributed by atoms with Crippen LogP contribution < -0.4 is 5.32 Å². The molecule has 3 heterocycles. The van der Waals surface area contributed by atoms with E-state index in [4.69, 9.17) is 0 Å². The standard InChI is InChI=1S/C15H16N4O2S/c1-10-7-17-15(22-10)18-14(21)11-6-13(20)19(8-11)9-12-4-2-3-5-16-12/h2-5,7,11H,6,8-9H2,1H3,(H,17,18,21). The molecule has 6 nitrogen and oxygen atoms in total. The van der Waals surface area contributed by atoms with Crippen molar-refractivity contribution in [2.45, 2.75) is 19.9 Å². The summed E-state index contributed by atoms with van der Waals surface area (Å²) in [4.78, 5) is 35.3. The molecule has 1 aliphatic heterocycles. The van der Waals surface area contributed by atoms with Gasteiger partial charge in [0.25, 0.3) is 0 Å². The Kier molecular flexibility index (Phi) is 4.15. The van der Waals surface area contributed by atoms with Crippen molar-refractivity contribution >= 4 is 28.3 Å². The minimum atomic E-state index is -0.333. The minimum absolute atomic E-state index is 0.0128. The van der Waals surface area contributed by atoms with Crippen LogP contribution in [0.3, 0.4) is 0 Å². The molecule has 22 heavy (non-hydrogen) atoms. The zero-order valence-corrected chi connectivity index (χ0v) is 13.0. The molecule has 2 amide bonds. The summed E-state index contributed by atoms with van der Waals surface area (Å²) in [5.41, 5.74) is 0.826. The van der Waals surface area contributed by atoms with Crippen molar-refractivity contribution < 1.29 is 9.59 Å². The first-order chi connectivity index (χ1) is 10.6. The molecule has 114 valence electrons. The van der Waals surface area contributed by atoms with E-state index in [-0.39, 0.29) is 24.2 Å². The van der Waals surface area contributed by atoms with E-state index < -0.39 is 0 Å². The fraction of sp³-hybridized carbons (Fsp3) is 0.333. The third-order valence-corrected chi connectivity index (χ3v) is 4.34. The SMILES string of the molecule is Cc1cnc(NC(=O)C2CC(=O)N(Cc3ccccn3)C2)s1. The van der Waals surface area contributed by atoms with Crippen LogP contribution in [-0.2, 0) is 16.1 Å². The number of hydrogen-bond donors (Lipinski definition) is 1. The Hall–Kier alpha value is -2.28. The Morgan fingerprint density at radius 1 is 1.45 bits per heavy atom. The van der Waals surface area contributed by atoms with Gasteiger partial charge in [0.15, 0.2) is 5.13 Å². The number of likely N-dealkylation sites (tertiary alicyclic amines) is 1. The lowest BCUT2D eigenvalue weighted by Crippen LogP contribution is -2.28. The highest BCUT2D eigenvalue weighted by molar-refractivity contribution is 7.15. The van der Waals surface area contributed by atoms with Crippen molar-refractivity contribution in [1.82, 2.24) is 14.9 Å². The zero-order valence-electron chi connectivity index (χ0n) is 12.2. The topological polar surface area (TPSA) is 75.2 Å². The van der Waals surface area contributed by atoms with Gasteiger partial charge in [0, 0.05) is 30.2 Å². The average Bonchev–Trinajstić information content (AvgIpc) is 3.07.